The molecule has 2 nitrogen and oxygen atoms in total. The Balaban J connectivity index is 2.36. The molecule has 2 heteroatoms. The summed E-state index contributed by atoms with van der Waals surface area (Å²) in [7, 11) is 0. The predicted octanol–water partition coefficient (Wildman–Crippen LogP) is 3.73. The predicted molar refractivity (Wildman–Crippen MR) is 78.3 cm³/mol. The normalized spacial score (nSPS) is 11.4. The van der Waals surface area contributed by atoms with Crippen molar-refractivity contribution < 1.29 is 0 Å². The maximum absolute atomic E-state index is 8.37. The highest BCUT2D eigenvalue weighted by Gasteiger charge is 2.03. The van der Waals surface area contributed by atoms with E-state index < -0.39 is 0 Å². The Bertz CT molecular complexity index is 980. The molecule has 0 saturated carbocycles. The number of nitrogens with one attached hydrogen (secondary N) is 1. The van der Waals surface area contributed by atoms with Gasteiger partial charge in [-0.05, 0) is 22.9 Å². The van der Waals surface area contributed by atoms with Crippen molar-refractivity contribution in [3.05, 3.63) is 72.3 Å². The lowest BCUT2D eigenvalue weighted by molar-refractivity contribution is 1.04. The van der Waals surface area contributed by atoms with Gasteiger partial charge >= 0.3 is 0 Å². The quantitative estimate of drug-likeness (QED) is 0.361. The SMILES string of the molecule is N=c1c2ccccc2cc2c3ccccc3ccn12. The second-order valence-corrected chi connectivity index (χ2v) is 4.74. The lowest BCUT2D eigenvalue weighted by Crippen LogP contribution is -2.13. The third-order valence-corrected chi connectivity index (χ3v) is 3.65. The molecule has 2 aromatic carbocycles. The molecule has 2 heterocycles. The van der Waals surface area contributed by atoms with Gasteiger partial charge in [0, 0.05) is 17.0 Å². The molecule has 0 fully saturated rings. The molecular formula is C17H12N2. The number of fused-ring (bicyclic) bond motifs is 4. The minimum Gasteiger partial charge on any atom is -0.301 e. The van der Waals surface area contributed by atoms with Crippen molar-refractivity contribution in [3.8, 4) is 0 Å². The van der Waals surface area contributed by atoms with Gasteiger partial charge in [0.2, 0.25) is 0 Å². The molecule has 0 unspecified atom stereocenters. The van der Waals surface area contributed by atoms with Crippen LogP contribution in [0.2, 0.25) is 0 Å². The minimum absolute atomic E-state index is 0.541. The zero-order chi connectivity index (χ0) is 12.8. The standard InChI is InChI=1S/C17H12N2/c18-17-15-8-4-2-6-13(15)11-16-14-7-3-1-5-12(14)9-10-19(16)17/h1-11,18H. The molecule has 0 radical (unpaired) electrons. The molecule has 90 valence electrons. The van der Waals surface area contributed by atoms with Crippen LogP contribution in [0.15, 0.2) is 66.9 Å². The highest BCUT2D eigenvalue weighted by molar-refractivity contribution is 5.99. The first-order chi connectivity index (χ1) is 9.34. The van der Waals surface area contributed by atoms with Gasteiger partial charge in [-0.1, -0.05) is 48.5 Å². The Hall–Kier alpha value is -2.61. The number of rotatable bonds is 0. The maximum atomic E-state index is 8.37. The average Bonchev–Trinajstić information content (AvgIpc) is 2.47. The van der Waals surface area contributed by atoms with Crippen molar-refractivity contribution in [1.29, 1.82) is 5.41 Å². The molecule has 0 aliphatic rings. The van der Waals surface area contributed by atoms with Gasteiger partial charge in [0.05, 0.1) is 5.52 Å². The number of nitrogens with zero attached hydrogens (tertiary/aromatic N) is 1. The zero-order valence-electron chi connectivity index (χ0n) is 10.3. The molecule has 2 aromatic heterocycles. The first kappa shape index (κ1) is 10.3. The highest BCUT2D eigenvalue weighted by Crippen LogP contribution is 2.21. The molecule has 0 aliphatic heterocycles. The fourth-order valence-corrected chi connectivity index (χ4v) is 2.70. The smallest absolute Gasteiger partial charge is 0.137 e. The Morgan fingerprint density at radius 1 is 0.737 bits per heavy atom. The Morgan fingerprint density at radius 2 is 1.42 bits per heavy atom. The minimum atomic E-state index is 0.541. The van der Waals surface area contributed by atoms with Crippen molar-refractivity contribution in [2.45, 2.75) is 0 Å². The molecule has 0 aliphatic carbocycles. The third kappa shape index (κ3) is 1.40. The van der Waals surface area contributed by atoms with Crippen LogP contribution in [0.1, 0.15) is 0 Å². The van der Waals surface area contributed by atoms with Gasteiger partial charge in [-0.2, -0.15) is 0 Å². The van der Waals surface area contributed by atoms with Gasteiger partial charge in [0.1, 0.15) is 5.49 Å². The topological polar surface area (TPSA) is 28.3 Å². The van der Waals surface area contributed by atoms with E-state index in [4.69, 9.17) is 5.41 Å². The first-order valence-electron chi connectivity index (χ1n) is 6.31. The van der Waals surface area contributed by atoms with Crippen LogP contribution in [0.5, 0.6) is 0 Å². The Kier molecular flexibility index (Phi) is 2.00. The fourth-order valence-electron chi connectivity index (χ4n) is 2.70. The molecule has 1 N–H and O–H groups in total. The van der Waals surface area contributed by atoms with Crippen LogP contribution in [-0.2, 0) is 0 Å². The monoisotopic (exact) mass is 244 g/mol. The molecule has 0 amide bonds. The largest absolute Gasteiger partial charge is 0.301 e. The van der Waals surface area contributed by atoms with Crippen molar-refractivity contribution in [2.75, 3.05) is 0 Å². The van der Waals surface area contributed by atoms with E-state index >= 15 is 0 Å². The zero-order valence-corrected chi connectivity index (χ0v) is 10.3. The molecule has 0 atom stereocenters. The van der Waals surface area contributed by atoms with E-state index in [0.717, 1.165) is 16.3 Å². The summed E-state index contributed by atoms with van der Waals surface area (Å²) in [5, 5.41) is 12.9. The van der Waals surface area contributed by atoms with Crippen molar-refractivity contribution in [1.82, 2.24) is 4.40 Å². The summed E-state index contributed by atoms with van der Waals surface area (Å²) in [4.78, 5) is 0. The maximum Gasteiger partial charge on any atom is 0.137 e. The summed E-state index contributed by atoms with van der Waals surface area (Å²) >= 11 is 0. The van der Waals surface area contributed by atoms with Crippen LogP contribution in [0.25, 0.3) is 27.1 Å². The number of benzene rings is 2. The fraction of sp³-hybridized carbons (Fsp3) is 0. The summed E-state index contributed by atoms with van der Waals surface area (Å²) in [6, 6.07) is 20.6. The second-order valence-electron chi connectivity index (χ2n) is 4.74. The number of aromatic nitrogens is 1. The summed E-state index contributed by atoms with van der Waals surface area (Å²) in [6.07, 6.45) is 1.98. The first-order valence-corrected chi connectivity index (χ1v) is 6.31. The summed E-state index contributed by atoms with van der Waals surface area (Å²) < 4.78 is 1.95. The van der Waals surface area contributed by atoms with Crippen LogP contribution in [0.4, 0.5) is 0 Å². The summed E-state index contributed by atoms with van der Waals surface area (Å²) in [5.41, 5.74) is 1.63. The third-order valence-electron chi connectivity index (χ3n) is 3.65. The van der Waals surface area contributed by atoms with Crippen LogP contribution in [0, 0.1) is 5.41 Å². The van der Waals surface area contributed by atoms with Crippen molar-refractivity contribution in [2.24, 2.45) is 0 Å². The van der Waals surface area contributed by atoms with E-state index in [1.807, 2.05) is 40.9 Å². The Labute approximate surface area is 110 Å². The lowest BCUT2D eigenvalue weighted by Gasteiger charge is -2.08. The summed E-state index contributed by atoms with van der Waals surface area (Å²) in [6.45, 7) is 0. The number of pyridine rings is 2. The van der Waals surface area contributed by atoms with Gasteiger partial charge in [-0.15, -0.1) is 0 Å². The van der Waals surface area contributed by atoms with Gasteiger partial charge in [-0.3, -0.25) is 5.41 Å². The second kappa shape index (κ2) is 3.69. The number of hydrogen-bond donors (Lipinski definition) is 1. The molecular weight excluding hydrogens is 232 g/mol. The van der Waals surface area contributed by atoms with Gasteiger partial charge < -0.3 is 4.40 Å². The van der Waals surface area contributed by atoms with E-state index in [2.05, 4.69) is 30.3 Å². The molecule has 0 spiro atoms. The van der Waals surface area contributed by atoms with E-state index in [1.54, 1.807) is 0 Å². The van der Waals surface area contributed by atoms with Gasteiger partial charge in [0.25, 0.3) is 0 Å². The van der Waals surface area contributed by atoms with E-state index in [9.17, 15) is 0 Å². The van der Waals surface area contributed by atoms with Crippen LogP contribution < -0.4 is 5.49 Å². The van der Waals surface area contributed by atoms with Gasteiger partial charge in [-0.25, -0.2) is 0 Å². The van der Waals surface area contributed by atoms with E-state index in [1.165, 1.54) is 10.8 Å². The highest BCUT2D eigenvalue weighted by atomic mass is 14.9. The molecule has 0 saturated heterocycles. The molecule has 4 aromatic rings. The van der Waals surface area contributed by atoms with Crippen LogP contribution >= 0.6 is 0 Å². The Morgan fingerprint density at radius 3 is 2.26 bits per heavy atom. The van der Waals surface area contributed by atoms with Crippen molar-refractivity contribution in [3.63, 3.8) is 0 Å². The molecule has 19 heavy (non-hydrogen) atoms. The van der Waals surface area contributed by atoms with Crippen LogP contribution in [0.3, 0.4) is 0 Å². The lowest BCUT2D eigenvalue weighted by atomic mass is 10.1. The number of hydrogen-bond acceptors (Lipinski definition) is 1. The molecule has 0 bridgehead atoms. The van der Waals surface area contributed by atoms with Crippen molar-refractivity contribution >= 4 is 27.1 Å². The van der Waals surface area contributed by atoms with E-state index in [-0.39, 0.29) is 0 Å². The van der Waals surface area contributed by atoms with Gasteiger partial charge in [0.15, 0.2) is 0 Å². The molecule has 4 rings (SSSR count). The van der Waals surface area contributed by atoms with Crippen LogP contribution in [-0.4, -0.2) is 4.40 Å². The van der Waals surface area contributed by atoms with E-state index in [0.29, 0.717) is 5.49 Å². The summed E-state index contributed by atoms with van der Waals surface area (Å²) in [5.74, 6) is 0. The average molecular weight is 244 g/mol.